The zero-order valence-electron chi connectivity index (χ0n) is 31.6. The lowest BCUT2D eigenvalue weighted by Crippen LogP contribution is -2.22. The van der Waals surface area contributed by atoms with Crippen molar-refractivity contribution in [1.82, 2.24) is 14.3 Å². The summed E-state index contributed by atoms with van der Waals surface area (Å²) < 4.78 is 13.5. The van der Waals surface area contributed by atoms with Gasteiger partial charge in [0.2, 0.25) is 5.88 Å². The Kier molecular flexibility index (Phi) is 13.7. The Labute approximate surface area is 328 Å². The molecule has 1 atom stereocenters. The van der Waals surface area contributed by atoms with Gasteiger partial charge in [-0.2, -0.15) is 31.1 Å². The van der Waals surface area contributed by atoms with Gasteiger partial charge in [0, 0.05) is 18.7 Å². The highest BCUT2D eigenvalue weighted by Gasteiger charge is 2.20. The van der Waals surface area contributed by atoms with E-state index < -0.39 is 11.5 Å². The Hall–Kier alpha value is -7.48. The average Bonchev–Trinajstić information content (AvgIpc) is 3.86. The second kappa shape index (κ2) is 19.2. The molecule has 16 heteroatoms. The number of esters is 1. The number of benzene rings is 3. The lowest BCUT2D eigenvalue weighted by molar-refractivity contribution is 0.0161. The standard InChI is InChI=1S/C23H26N4O5.C18H13N7/c1-3-4-11-27-21(28)19(13-24)15(2)20(22(27)29)26-25-17-9-7-16(8-10-17)23(30)32-14-18-6-5-12-31-18;1-12-17(18(21)25(24-12)16-5-3-2-4-6-16)23-22-15-8-7-13(10-19)14(9-15)11-20/h7-10,18,28H,3-6,11-12,14H2,1-2H3;2-9H,21H2,1H3. The van der Waals surface area contributed by atoms with Gasteiger partial charge < -0.3 is 20.3 Å². The fourth-order valence-corrected chi connectivity index (χ4v) is 5.70. The quantitative estimate of drug-likeness (QED) is 0.0964. The molecular weight excluding hydrogens is 727 g/mol. The van der Waals surface area contributed by atoms with E-state index in [0.717, 1.165) is 29.5 Å². The summed E-state index contributed by atoms with van der Waals surface area (Å²) in [6.07, 6.45) is 3.31. The number of hydrogen-bond donors (Lipinski definition) is 2. The number of ether oxygens (including phenoxy) is 2. The Balaban J connectivity index is 0.000000224. The number of carbonyl (C=O) groups excluding carboxylic acids is 1. The summed E-state index contributed by atoms with van der Waals surface area (Å²) in [6.45, 7) is 6.51. The highest BCUT2D eigenvalue weighted by Crippen LogP contribution is 2.31. The van der Waals surface area contributed by atoms with Crippen LogP contribution in [0.25, 0.3) is 5.69 Å². The van der Waals surface area contributed by atoms with Crippen LogP contribution in [-0.2, 0) is 16.0 Å². The van der Waals surface area contributed by atoms with Gasteiger partial charge in [0.05, 0.1) is 45.6 Å². The SMILES string of the molecule is CCCCn1c(O)c(C#N)c(C)c(N=Nc2ccc(C(=O)OCC3CCCO3)cc2)c1=O.Cc1nn(-c2ccccc2)c(N)c1N=Nc1ccc(C#N)c(C#N)c1. The van der Waals surface area contributed by atoms with E-state index in [1.165, 1.54) is 12.1 Å². The van der Waals surface area contributed by atoms with Crippen molar-refractivity contribution < 1.29 is 19.4 Å². The first-order chi connectivity index (χ1) is 27.6. The molecule has 57 heavy (non-hydrogen) atoms. The zero-order chi connectivity index (χ0) is 40.9. The highest BCUT2D eigenvalue weighted by atomic mass is 16.6. The number of nitriles is 3. The fourth-order valence-electron chi connectivity index (χ4n) is 5.70. The van der Waals surface area contributed by atoms with E-state index in [-0.39, 0.29) is 47.5 Å². The molecule has 6 rings (SSSR count). The maximum Gasteiger partial charge on any atom is 0.338 e. The number of nitrogens with zero attached hydrogens (tertiary/aromatic N) is 10. The third-order valence-corrected chi connectivity index (χ3v) is 8.87. The number of nitrogens with two attached hydrogens (primary N) is 1. The van der Waals surface area contributed by atoms with E-state index in [0.29, 0.717) is 52.7 Å². The summed E-state index contributed by atoms with van der Waals surface area (Å²) in [5.41, 5.74) is 9.64. The molecule has 5 aromatic rings. The third kappa shape index (κ3) is 9.80. The lowest BCUT2D eigenvalue weighted by atomic mass is 10.1. The van der Waals surface area contributed by atoms with Crippen LogP contribution < -0.4 is 11.3 Å². The number of nitrogen functional groups attached to an aromatic ring is 1. The number of para-hydroxylation sites is 1. The largest absolute Gasteiger partial charge is 0.493 e. The van der Waals surface area contributed by atoms with Gasteiger partial charge in [0.25, 0.3) is 5.56 Å². The molecule has 0 bridgehead atoms. The van der Waals surface area contributed by atoms with Gasteiger partial charge in [0.1, 0.15) is 30.4 Å². The van der Waals surface area contributed by atoms with Gasteiger partial charge in [-0.3, -0.25) is 9.36 Å². The van der Waals surface area contributed by atoms with Gasteiger partial charge in [-0.25, -0.2) is 9.48 Å². The minimum Gasteiger partial charge on any atom is -0.493 e. The number of aromatic nitrogens is 3. The van der Waals surface area contributed by atoms with Crippen LogP contribution in [-0.4, -0.2) is 44.7 Å². The van der Waals surface area contributed by atoms with Crippen LogP contribution in [0.3, 0.4) is 0 Å². The van der Waals surface area contributed by atoms with Crippen LogP contribution in [0.15, 0.2) is 98.0 Å². The summed E-state index contributed by atoms with van der Waals surface area (Å²) in [5, 5.41) is 58.5. The molecule has 3 aromatic carbocycles. The molecule has 1 saturated heterocycles. The summed E-state index contributed by atoms with van der Waals surface area (Å²) in [6, 6.07) is 26.3. The summed E-state index contributed by atoms with van der Waals surface area (Å²) in [4.78, 5) is 25.0. The first kappa shape index (κ1) is 40.7. The van der Waals surface area contributed by atoms with Crippen molar-refractivity contribution in [1.29, 1.82) is 15.8 Å². The van der Waals surface area contributed by atoms with E-state index >= 15 is 0 Å². The fraction of sp³-hybridized carbons (Fsp3) is 0.268. The van der Waals surface area contributed by atoms with E-state index in [2.05, 4.69) is 25.6 Å². The molecule has 3 heterocycles. The van der Waals surface area contributed by atoms with Gasteiger partial charge in [0.15, 0.2) is 17.2 Å². The van der Waals surface area contributed by atoms with Crippen molar-refractivity contribution in [2.75, 3.05) is 18.9 Å². The number of rotatable bonds is 11. The van der Waals surface area contributed by atoms with Crippen molar-refractivity contribution in [3.63, 3.8) is 0 Å². The number of carbonyl (C=O) groups is 1. The third-order valence-electron chi connectivity index (χ3n) is 8.87. The molecule has 0 radical (unpaired) electrons. The molecule has 16 nitrogen and oxygen atoms in total. The number of pyridine rings is 1. The van der Waals surface area contributed by atoms with E-state index in [1.807, 2.05) is 55.5 Å². The maximum atomic E-state index is 12.8. The number of anilines is 1. The van der Waals surface area contributed by atoms with Gasteiger partial charge in [-0.05, 0) is 87.7 Å². The molecule has 0 amide bonds. The molecule has 1 aliphatic heterocycles. The maximum absolute atomic E-state index is 12.8. The lowest BCUT2D eigenvalue weighted by Gasteiger charge is -2.12. The van der Waals surface area contributed by atoms with Crippen LogP contribution in [0.4, 0.5) is 28.6 Å². The Morgan fingerprint density at radius 1 is 0.947 bits per heavy atom. The van der Waals surface area contributed by atoms with Crippen LogP contribution in [0, 0.1) is 47.8 Å². The number of unbranched alkanes of at least 4 members (excludes halogenated alkanes) is 1. The van der Waals surface area contributed by atoms with Gasteiger partial charge in [-0.15, -0.1) is 10.2 Å². The molecule has 1 unspecified atom stereocenters. The van der Waals surface area contributed by atoms with Crippen molar-refractivity contribution in [2.24, 2.45) is 20.5 Å². The first-order valence-corrected chi connectivity index (χ1v) is 18.0. The normalized spacial score (nSPS) is 13.4. The molecule has 1 aliphatic rings. The zero-order valence-corrected chi connectivity index (χ0v) is 31.6. The van der Waals surface area contributed by atoms with Gasteiger partial charge in [-0.1, -0.05) is 31.5 Å². The van der Waals surface area contributed by atoms with Crippen molar-refractivity contribution >= 4 is 34.5 Å². The average molecular weight is 766 g/mol. The minimum absolute atomic E-state index is 0.000936. The van der Waals surface area contributed by atoms with E-state index in [1.54, 1.807) is 48.9 Å². The number of azo groups is 2. The molecule has 1 fully saturated rings. The van der Waals surface area contributed by atoms with E-state index in [9.17, 15) is 20.0 Å². The molecule has 288 valence electrons. The predicted molar refractivity (Wildman–Crippen MR) is 209 cm³/mol. The summed E-state index contributed by atoms with van der Waals surface area (Å²) in [7, 11) is 0. The van der Waals surface area contributed by atoms with Crippen LogP contribution >= 0.6 is 0 Å². The summed E-state index contributed by atoms with van der Waals surface area (Å²) in [5.74, 6) is -0.425. The number of aryl methyl sites for hydroxylation is 1. The van der Waals surface area contributed by atoms with Crippen molar-refractivity contribution in [3.05, 3.63) is 117 Å². The van der Waals surface area contributed by atoms with E-state index in [4.69, 9.17) is 25.7 Å². The Bertz CT molecular complexity index is 2480. The second-order valence-corrected chi connectivity index (χ2v) is 12.8. The van der Waals surface area contributed by atoms with Crippen molar-refractivity contribution in [3.8, 4) is 29.8 Å². The monoisotopic (exact) mass is 765 g/mol. The van der Waals surface area contributed by atoms with Crippen LogP contribution in [0.1, 0.15) is 70.9 Å². The van der Waals surface area contributed by atoms with Crippen LogP contribution in [0.5, 0.6) is 5.88 Å². The molecule has 2 aromatic heterocycles. The molecule has 3 N–H and O–H groups in total. The molecule has 0 spiro atoms. The molecular formula is C41H39N11O5. The summed E-state index contributed by atoms with van der Waals surface area (Å²) >= 11 is 0. The number of hydrogen-bond acceptors (Lipinski definition) is 14. The van der Waals surface area contributed by atoms with Gasteiger partial charge >= 0.3 is 5.97 Å². The topological polar surface area (TPSA) is 242 Å². The number of aromatic hydroxyl groups is 1. The predicted octanol–water partition coefficient (Wildman–Crippen LogP) is 8.21. The minimum atomic E-state index is -0.509. The smallest absolute Gasteiger partial charge is 0.338 e. The van der Waals surface area contributed by atoms with Crippen LogP contribution in [0.2, 0.25) is 0 Å². The Morgan fingerprint density at radius 3 is 2.28 bits per heavy atom. The molecule has 0 aliphatic carbocycles. The first-order valence-electron chi connectivity index (χ1n) is 18.0. The van der Waals surface area contributed by atoms with Crippen molar-refractivity contribution in [2.45, 2.75) is 59.1 Å². The second-order valence-electron chi connectivity index (χ2n) is 12.8. The Morgan fingerprint density at radius 2 is 1.63 bits per heavy atom. The molecule has 0 saturated carbocycles. The highest BCUT2D eigenvalue weighted by molar-refractivity contribution is 5.89.